The van der Waals surface area contributed by atoms with Crippen molar-refractivity contribution >= 4 is 17.3 Å². The van der Waals surface area contributed by atoms with Gasteiger partial charge in [0.2, 0.25) is 0 Å². The van der Waals surface area contributed by atoms with Gasteiger partial charge in [0, 0.05) is 6.20 Å². The molecule has 0 bridgehead atoms. The lowest BCUT2D eigenvalue weighted by molar-refractivity contribution is 0.104. The first-order valence-corrected chi connectivity index (χ1v) is 6.21. The molecule has 0 fully saturated rings. The summed E-state index contributed by atoms with van der Waals surface area (Å²) in [4.78, 5) is 16.5. The molecule has 3 aromatic rings. The molecule has 0 atom stereocenters. The van der Waals surface area contributed by atoms with Gasteiger partial charge in [-0.15, -0.1) is 0 Å². The number of Topliss-reactive ketones (excluding diaryl/α,β-unsaturated/α-hetero) is 1. The second kappa shape index (κ2) is 5.87. The molecule has 0 saturated heterocycles. The van der Waals surface area contributed by atoms with E-state index in [4.69, 9.17) is 8.83 Å². The summed E-state index contributed by atoms with van der Waals surface area (Å²) >= 11 is 0. The third kappa shape index (κ3) is 2.89. The average molecular weight is 281 g/mol. The number of nitrogens with one attached hydrogen (secondary N) is 1. The van der Waals surface area contributed by atoms with Gasteiger partial charge in [0.05, 0.1) is 12.5 Å². The first-order valence-electron chi connectivity index (χ1n) is 6.21. The van der Waals surface area contributed by atoms with Gasteiger partial charge >= 0.3 is 0 Å². The topological polar surface area (TPSA) is 80.6 Å². The molecule has 0 spiro atoms. The molecule has 0 aliphatic rings. The molecule has 6 heteroatoms. The normalized spacial score (nSPS) is 11.3. The number of hydrogen-bond donors (Lipinski definition) is 1. The van der Waals surface area contributed by atoms with Crippen LogP contribution in [0.15, 0.2) is 75.1 Å². The lowest BCUT2D eigenvalue weighted by Gasteiger charge is -2.02. The van der Waals surface area contributed by atoms with E-state index >= 15 is 0 Å². The lowest BCUT2D eigenvalue weighted by Crippen LogP contribution is -2.16. The fraction of sp³-hybridized carbons (Fsp3) is 0. The Morgan fingerprint density at radius 3 is 2.38 bits per heavy atom. The highest BCUT2D eigenvalue weighted by molar-refractivity contribution is 6.50. The minimum absolute atomic E-state index is 0.112. The molecule has 6 nitrogen and oxygen atoms in total. The van der Waals surface area contributed by atoms with Crippen molar-refractivity contribution in [2.75, 3.05) is 5.43 Å². The lowest BCUT2D eigenvalue weighted by atomic mass is 10.1. The van der Waals surface area contributed by atoms with Crippen LogP contribution in [0.2, 0.25) is 0 Å². The van der Waals surface area contributed by atoms with Crippen molar-refractivity contribution in [2.24, 2.45) is 5.10 Å². The van der Waals surface area contributed by atoms with Gasteiger partial charge in [0.1, 0.15) is 5.82 Å². The Morgan fingerprint density at radius 2 is 1.76 bits per heavy atom. The molecule has 0 aliphatic heterocycles. The molecule has 0 unspecified atom stereocenters. The zero-order valence-electron chi connectivity index (χ0n) is 10.9. The fourth-order valence-corrected chi connectivity index (χ4v) is 1.70. The number of nitrogens with zero attached hydrogens (tertiary/aromatic N) is 2. The monoisotopic (exact) mass is 281 g/mol. The highest BCUT2D eigenvalue weighted by Crippen LogP contribution is 2.11. The number of ketones is 1. The second-order valence-electron chi connectivity index (χ2n) is 4.07. The maximum atomic E-state index is 12.4. The molecule has 1 N–H and O–H groups in total. The van der Waals surface area contributed by atoms with Gasteiger partial charge in [-0.3, -0.25) is 10.2 Å². The molecule has 3 aromatic heterocycles. The Labute approximate surface area is 120 Å². The third-order valence-corrected chi connectivity index (χ3v) is 2.66. The minimum atomic E-state index is -0.376. The zero-order valence-corrected chi connectivity index (χ0v) is 10.9. The Kier molecular flexibility index (Phi) is 3.60. The Hall–Kier alpha value is -3.15. The van der Waals surface area contributed by atoms with E-state index in [0.717, 1.165) is 0 Å². The predicted molar refractivity (Wildman–Crippen MR) is 76.1 cm³/mol. The Bertz CT molecular complexity index is 732. The molecule has 3 heterocycles. The van der Waals surface area contributed by atoms with Gasteiger partial charge in [0.25, 0.3) is 5.78 Å². The molecule has 104 valence electrons. The van der Waals surface area contributed by atoms with Crippen molar-refractivity contribution in [2.45, 2.75) is 0 Å². The summed E-state index contributed by atoms with van der Waals surface area (Å²) in [6.07, 6.45) is 4.53. The van der Waals surface area contributed by atoms with Crippen LogP contribution in [0.5, 0.6) is 0 Å². The van der Waals surface area contributed by atoms with Gasteiger partial charge in [0.15, 0.2) is 17.2 Å². The molecule has 0 aromatic carbocycles. The number of rotatable bonds is 5. The van der Waals surface area contributed by atoms with Crippen molar-refractivity contribution in [1.29, 1.82) is 0 Å². The maximum Gasteiger partial charge on any atom is 0.252 e. The van der Waals surface area contributed by atoms with Crippen LogP contribution < -0.4 is 5.43 Å². The van der Waals surface area contributed by atoms with E-state index in [9.17, 15) is 4.79 Å². The van der Waals surface area contributed by atoms with Gasteiger partial charge in [-0.2, -0.15) is 5.10 Å². The van der Waals surface area contributed by atoms with Crippen LogP contribution in [0.4, 0.5) is 5.82 Å². The summed E-state index contributed by atoms with van der Waals surface area (Å²) in [7, 11) is 0. The zero-order chi connectivity index (χ0) is 14.5. The summed E-state index contributed by atoms with van der Waals surface area (Å²) in [5.74, 6) is 0.681. The molecule has 0 saturated carbocycles. The van der Waals surface area contributed by atoms with Gasteiger partial charge in [-0.1, -0.05) is 6.07 Å². The van der Waals surface area contributed by atoms with Crippen LogP contribution in [-0.2, 0) is 0 Å². The smallest absolute Gasteiger partial charge is 0.252 e. The standard InChI is InChI=1S/C15H11N3O3/c19-15(12-6-4-10-21-12)14(11-5-3-9-20-11)18-17-13-7-1-2-8-16-13/h1-10H,(H,16,17). The molecule has 0 amide bonds. The number of aromatic nitrogens is 1. The number of carbonyl (C=O) groups excluding carboxylic acids is 1. The fourth-order valence-electron chi connectivity index (χ4n) is 1.70. The van der Waals surface area contributed by atoms with E-state index in [0.29, 0.717) is 11.6 Å². The Balaban J connectivity index is 1.92. The minimum Gasteiger partial charge on any atom is -0.462 e. The SMILES string of the molecule is O=C(C(=NNc1ccccn1)c1ccco1)c1ccco1. The number of anilines is 1. The molecule has 0 radical (unpaired) electrons. The predicted octanol–water partition coefficient (Wildman–Crippen LogP) is 2.97. The first kappa shape index (κ1) is 12.9. The number of hydrazone groups is 1. The van der Waals surface area contributed by atoms with Crippen LogP contribution in [0.3, 0.4) is 0 Å². The number of carbonyl (C=O) groups is 1. The first-order chi connectivity index (χ1) is 10.3. The third-order valence-electron chi connectivity index (χ3n) is 2.66. The number of pyridine rings is 1. The van der Waals surface area contributed by atoms with Crippen molar-refractivity contribution in [1.82, 2.24) is 4.98 Å². The number of furan rings is 2. The molecule has 21 heavy (non-hydrogen) atoms. The molecule has 3 rings (SSSR count). The van der Waals surface area contributed by atoms with Crippen LogP contribution in [0, 0.1) is 0 Å². The van der Waals surface area contributed by atoms with Crippen molar-refractivity contribution in [3.63, 3.8) is 0 Å². The highest BCUT2D eigenvalue weighted by atomic mass is 16.3. The van der Waals surface area contributed by atoms with E-state index in [1.807, 2.05) is 6.07 Å². The molecular formula is C15H11N3O3. The van der Waals surface area contributed by atoms with Crippen molar-refractivity contribution < 1.29 is 13.6 Å². The van der Waals surface area contributed by atoms with E-state index in [1.54, 1.807) is 42.6 Å². The summed E-state index contributed by atoms with van der Waals surface area (Å²) in [5, 5.41) is 4.09. The number of hydrogen-bond acceptors (Lipinski definition) is 6. The highest BCUT2D eigenvalue weighted by Gasteiger charge is 2.21. The van der Waals surface area contributed by atoms with Crippen LogP contribution >= 0.6 is 0 Å². The van der Waals surface area contributed by atoms with Crippen LogP contribution in [-0.4, -0.2) is 16.5 Å². The second-order valence-corrected chi connectivity index (χ2v) is 4.07. The van der Waals surface area contributed by atoms with E-state index in [1.165, 1.54) is 12.5 Å². The summed E-state index contributed by atoms with van der Waals surface area (Å²) < 4.78 is 10.4. The Morgan fingerprint density at radius 1 is 1.00 bits per heavy atom. The van der Waals surface area contributed by atoms with Crippen molar-refractivity contribution in [3.05, 3.63) is 72.7 Å². The van der Waals surface area contributed by atoms with Crippen LogP contribution in [0.25, 0.3) is 0 Å². The molecular weight excluding hydrogens is 270 g/mol. The quantitative estimate of drug-likeness (QED) is 0.442. The van der Waals surface area contributed by atoms with Gasteiger partial charge in [-0.25, -0.2) is 4.98 Å². The summed E-state index contributed by atoms with van der Waals surface area (Å²) in [6, 6.07) is 11.9. The van der Waals surface area contributed by atoms with E-state index < -0.39 is 0 Å². The van der Waals surface area contributed by atoms with E-state index in [2.05, 4.69) is 15.5 Å². The van der Waals surface area contributed by atoms with E-state index in [-0.39, 0.29) is 17.3 Å². The van der Waals surface area contributed by atoms with Crippen LogP contribution in [0.1, 0.15) is 16.3 Å². The molecule has 0 aliphatic carbocycles. The van der Waals surface area contributed by atoms with Gasteiger partial charge < -0.3 is 8.83 Å². The maximum absolute atomic E-state index is 12.4. The summed E-state index contributed by atoms with van der Waals surface area (Å²) in [5.41, 5.74) is 2.84. The average Bonchev–Trinajstić information content (AvgIpc) is 3.22. The largest absolute Gasteiger partial charge is 0.462 e. The summed E-state index contributed by atoms with van der Waals surface area (Å²) in [6.45, 7) is 0. The van der Waals surface area contributed by atoms with Gasteiger partial charge in [-0.05, 0) is 36.4 Å². The van der Waals surface area contributed by atoms with Crippen molar-refractivity contribution in [3.8, 4) is 0 Å².